The Labute approximate surface area is 219 Å². The molecule has 16 heteroatoms. The van der Waals surface area contributed by atoms with E-state index in [2.05, 4.69) is 38.9 Å². The lowest BCUT2D eigenvalue weighted by Crippen LogP contribution is -2.56. The second-order valence-corrected chi connectivity index (χ2v) is 9.82. The molecule has 1 saturated heterocycles. The van der Waals surface area contributed by atoms with Gasteiger partial charge in [-0.25, -0.2) is 14.6 Å². The number of halogens is 6. The number of aromatic nitrogens is 4. The number of piperidine rings is 1. The molecule has 2 N–H and O–H groups in total. The molecule has 2 aliphatic heterocycles. The first kappa shape index (κ1) is 30.4. The summed E-state index contributed by atoms with van der Waals surface area (Å²) in [5.74, 6) is -3.26. The molecule has 39 heavy (non-hydrogen) atoms. The molecule has 1 aliphatic carbocycles. The van der Waals surface area contributed by atoms with Gasteiger partial charge in [-0.3, -0.25) is 9.58 Å². The molecule has 2 aromatic heterocycles. The van der Waals surface area contributed by atoms with E-state index in [0.717, 1.165) is 19.0 Å². The van der Waals surface area contributed by atoms with Crippen molar-refractivity contribution in [2.45, 2.75) is 50.1 Å². The van der Waals surface area contributed by atoms with E-state index in [4.69, 9.17) is 24.8 Å². The summed E-state index contributed by atoms with van der Waals surface area (Å²) in [5.41, 5.74) is 2.50. The maximum absolute atomic E-state index is 10.6. The predicted octanol–water partition coefficient (Wildman–Crippen LogP) is 3.20. The van der Waals surface area contributed by atoms with Gasteiger partial charge in [0.05, 0.1) is 23.6 Å². The fourth-order valence-electron chi connectivity index (χ4n) is 4.77. The van der Waals surface area contributed by atoms with Crippen LogP contribution in [0.15, 0.2) is 18.6 Å². The first-order chi connectivity index (χ1) is 18.0. The van der Waals surface area contributed by atoms with E-state index < -0.39 is 24.3 Å². The number of rotatable bonds is 3. The number of imidazole rings is 1. The van der Waals surface area contributed by atoms with Crippen molar-refractivity contribution in [1.82, 2.24) is 29.1 Å². The minimum atomic E-state index is -5.08. The van der Waals surface area contributed by atoms with Crippen molar-refractivity contribution in [2.75, 3.05) is 33.2 Å². The highest BCUT2D eigenvalue weighted by atomic mass is 19.4. The first-order valence-electron chi connectivity index (χ1n) is 12.1. The monoisotopic (exact) mass is 568 g/mol. The number of fused-ring (bicyclic) bond motifs is 2. The lowest BCUT2D eigenvalue weighted by atomic mass is 9.83. The van der Waals surface area contributed by atoms with Gasteiger partial charge in [0, 0.05) is 51.5 Å². The van der Waals surface area contributed by atoms with Crippen LogP contribution in [0.2, 0.25) is 0 Å². The van der Waals surface area contributed by atoms with Crippen LogP contribution < -0.4 is 0 Å². The van der Waals surface area contributed by atoms with Crippen LogP contribution in [0.1, 0.15) is 31.5 Å². The van der Waals surface area contributed by atoms with Crippen molar-refractivity contribution in [3.8, 4) is 11.3 Å². The third kappa shape index (κ3) is 7.50. The first-order valence-corrected chi connectivity index (χ1v) is 12.1. The van der Waals surface area contributed by atoms with E-state index >= 15 is 0 Å². The largest absolute Gasteiger partial charge is 0.490 e. The smallest absolute Gasteiger partial charge is 0.475 e. The molecule has 10 nitrogen and oxygen atoms in total. The lowest BCUT2D eigenvalue weighted by molar-refractivity contribution is -0.193. The summed E-state index contributed by atoms with van der Waals surface area (Å²) in [6.07, 6.45) is 1.21. The number of likely N-dealkylation sites (tertiary alicyclic amines) is 1. The molecular formula is C23H30F6N6O4. The predicted molar refractivity (Wildman–Crippen MR) is 125 cm³/mol. The van der Waals surface area contributed by atoms with Gasteiger partial charge in [0.25, 0.3) is 0 Å². The average Bonchev–Trinajstić information content (AvgIpc) is 3.37. The maximum Gasteiger partial charge on any atom is 0.490 e. The molecule has 0 radical (unpaired) electrons. The topological polar surface area (TPSA) is 117 Å². The van der Waals surface area contributed by atoms with Crippen molar-refractivity contribution >= 4 is 11.9 Å². The Kier molecular flexibility index (Phi) is 8.99. The number of hydrogen-bond acceptors (Lipinski definition) is 6. The Balaban J connectivity index is 0.000000251. The molecule has 218 valence electrons. The summed E-state index contributed by atoms with van der Waals surface area (Å²) in [5, 5.41) is 18.6. The Hall–Kier alpha value is -3.14. The maximum atomic E-state index is 10.6. The number of aryl methyl sites for hydroxylation is 1. The normalized spacial score (nSPS) is 19.4. The van der Waals surface area contributed by atoms with Crippen LogP contribution in [0.5, 0.6) is 0 Å². The minimum Gasteiger partial charge on any atom is -0.475 e. The molecule has 0 amide bonds. The lowest BCUT2D eigenvalue weighted by Gasteiger charge is -2.49. The zero-order chi connectivity index (χ0) is 29.2. The van der Waals surface area contributed by atoms with Gasteiger partial charge in [-0.05, 0) is 38.6 Å². The van der Waals surface area contributed by atoms with Gasteiger partial charge in [0.1, 0.15) is 5.82 Å². The van der Waals surface area contributed by atoms with E-state index in [9.17, 15) is 26.3 Å². The quantitative estimate of drug-likeness (QED) is 0.543. The molecule has 0 bridgehead atoms. The fourth-order valence-corrected chi connectivity index (χ4v) is 4.77. The third-order valence-corrected chi connectivity index (χ3v) is 7.04. The van der Waals surface area contributed by atoms with E-state index in [1.165, 1.54) is 62.4 Å². The molecule has 0 aromatic carbocycles. The van der Waals surface area contributed by atoms with Gasteiger partial charge < -0.3 is 19.7 Å². The summed E-state index contributed by atoms with van der Waals surface area (Å²) in [4.78, 5) is 28.0. The molecule has 1 spiro atoms. The summed E-state index contributed by atoms with van der Waals surface area (Å²) in [6.45, 7) is 5.84. The fraction of sp³-hybridized carbons (Fsp3) is 0.652. The van der Waals surface area contributed by atoms with Gasteiger partial charge in [-0.15, -0.1) is 0 Å². The summed E-state index contributed by atoms with van der Waals surface area (Å²) < 4.78 is 67.8. The molecule has 0 atom stereocenters. The van der Waals surface area contributed by atoms with Crippen molar-refractivity contribution in [2.24, 2.45) is 13.0 Å². The van der Waals surface area contributed by atoms with E-state index in [1.54, 1.807) is 0 Å². The second-order valence-electron chi connectivity index (χ2n) is 9.82. The second kappa shape index (κ2) is 11.5. The standard InChI is InChI=1S/C19H28N6.2C2HF3O2/c1-22-9-10-25-17(16-11-21-23(2)14-16)12-20-18(25)19(22)5-7-24(8-6-19)13-15-3-4-15;2*3-2(4,5)1(6)7/h11-12,14-15H,3-10,13H2,1-2H3;2*(H,6,7). The van der Waals surface area contributed by atoms with Crippen LogP contribution in [-0.4, -0.2) is 96.9 Å². The molecule has 0 unspecified atom stereocenters. The molecule has 3 aliphatic rings. The van der Waals surface area contributed by atoms with Crippen molar-refractivity contribution in [1.29, 1.82) is 0 Å². The average molecular weight is 569 g/mol. The van der Waals surface area contributed by atoms with Gasteiger partial charge in [-0.2, -0.15) is 31.4 Å². The highest BCUT2D eigenvalue weighted by Gasteiger charge is 2.46. The van der Waals surface area contributed by atoms with E-state index in [1.807, 2.05) is 17.9 Å². The van der Waals surface area contributed by atoms with Crippen molar-refractivity contribution in [3.05, 3.63) is 24.4 Å². The van der Waals surface area contributed by atoms with Crippen LogP contribution in [0.3, 0.4) is 0 Å². The SMILES string of the molecule is CN1CCn2c(-c3cnn(C)c3)cnc2C12CCN(CC1CC1)CC2.O=C(O)C(F)(F)F.O=C(O)C(F)(F)F. The van der Waals surface area contributed by atoms with Crippen LogP contribution in [-0.2, 0) is 28.7 Å². The van der Waals surface area contributed by atoms with Gasteiger partial charge in [0.2, 0.25) is 0 Å². The molecule has 5 rings (SSSR count). The Morgan fingerprint density at radius 2 is 1.49 bits per heavy atom. The minimum absolute atomic E-state index is 0.110. The van der Waals surface area contributed by atoms with E-state index in [-0.39, 0.29) is 5.54 Å². The molecular weight excluding hydrogens is 538 g/mol. The molecule has 2 aromatic rings. The Bertz CT molecular complexity index is 1120. The number of carboxylic acids is 2. The van der Waals surface area contributed by atoms with Gasteiger partial charge >= 0.3 is 24.3 Å². The Morgan fingerprint density at radius 1 is 0.949 bits per heavy atom. The summed E-state index contributed by atoms with van der Waals surface area (Å²) in [7, 11) is 4.26. The zero-order valence-electron chi connectivity index (χ0n) is 21.3. The number of hydrogen-bond donors (Lipinski definition) is 2. The highest BCUT2D eigenvalue weighted by molar-refractivity contribution is 5.73. The summed E-state index contributed by atoms with van der Waals surface area (Å²) >= 11 is 0. The van der Waals surface area contributed by atoms with Crippen LogP contribution in [0, 0.1) is 5.92 Å². The number of carboxylic acid groups (broad SMARTS) is 2. The number of nitrogens with zero attached hydrogens (tertiary/aromatic N) is 6. The van der Waals surface area contributed by atoms with Crippen molar-refractivity contribution in [3.63, 3.8) is 0 Å². The van der Waals surface area contributed by atoms with E-state index in [0.29, 0.717) is 0 Å². The zero-order valence-corrected chi connectivity index (χ0v) is 21.3. The molecule has 2 fully saturated rings. The molecule has 4 heterocycles. The van der Waals surface area contributed by atoms with Crippen LogP contribution in [0.25, 0.3) is 11.3 Å². The number of aliphatic carboxylic acids is 2. The van der Waals surface area contributed by atoms with Gasteiger partial charge in [0.15, 0.2) is 0 Å². The van der Waals surface area contributed by atoms with Gasteiger partial charge in [-0.1, -0.05) is 0 Å². The molecule has 1 saturated carbocycles. The van der Waals surface area contributed by atoms with Crippen LogP contribution in [0.4, 0.5) is 26.3 Å². The van der Waals surface area contributed by atoms with Crippen LogP contribution >= 0.6 is 0 Å². The summed E-state index contributed by atoms with van der Waals surface area (Å²) in [6, 6.07) is 0. The Morgan fingerprint density at radius 3 is 1.92 bits per heavy atom. The number of carbonyl (C=O) groups is 2. The highest BCUT2D eigenvalue weighted by Crippen LogP contribution is 2.42. The number of likely N-dealkylation sites (N-methyl/N-ethyl adjacent to an activating group) is 1. The third-order valence-electron chi connectivity index (χ3n) is 7.04. The van der Waals surface area contributed by atoms with Crippen molar-refractivity contribution < 1.29 is 46.1 Å². The number of alkyl halides is 6.